The summed E-state index contributed by atoms with van der Waals surface area (Å²) in [5, 5.41) is 0. The van der Waals surface area contributed by atoms with Gasteiger partial charge >= 0.3 is 5.97 Å². The van der Waals surface area contributed by atoms with Crippen molar-refractivity contribution in [3.05, 3.63) is 59.4 Å². The lowest BCUT2D eigenvalue weighted by Crippen LogP contribution is -2.06. The summed E-state index contributed by atoms with van der Waals surface area (Å²) in [4.78, 5) is 11.8. The molecule has 2 rings (SSSR count). The van der Waals surface area contributed by atoms with Crippen LogP contribution in [0.15, 0.2) is 42.5 Å². The van der Waals surface area contributed by atoms with Gasteiger partial charge in [-0.1, -0.05) is 12.1 Å². The summed E-state index contributed by atoms with van der Waals surface area (Å²) in [6.45, 7) is -0.160. The Labute approximate surface area is 115 Å². The molecular formula is C15H14FNO3. The zero-order chi connectivity index (χ0) is 14.5. The lowest BCUT2D eigenvalue weighted by Gasteiger charge is -2.08. The van der Waals surface area contributed by atoms with Gasteiger partial charge in [0, 0.05) is 11.3 Å². The minimum absolute atomic E-state index is 0.117. The lowest BCUT2D eigenvalue weighted by atomic mass is 10.2. The van der Waals surface area contributed by atoms with Crippen molar-refractivity contribution in [3.63, 3.8) is 0 Å². The minimum atomic E-state index is -0.535. The van der Waals surface area contributed by atoms with E-state index in [2.05, 4.69) is 0 Å². The fourth-order valence-corrected chi connectivity index (χ4v) is 1.67. The van der Waals surface area contributed by atoms with Crippen LogP contribution in [-0.2, 0) is 11.3 Å². The number of ether oxygens (including phenoxy) is 2. The normalized spacial score (nSPS) is 10.1. The van der Waals surface area contributed by atoms with Gasteiger partial charge in [0.2, 0.25) is 0 Å². The number of hydrogen-bond donors (Lipinski definition) is 1. The predicted molar refractivity (Wildman–Crippen MR) is 72.9 cm³/mol. The summed E-state index contributed by atoms with van der Waals surface area (Å²) in [6.07, 6.45) is 0. The molecular weight excluding hydrogens is 261 g/mol. The van der Waals surface area contributed by atoms with Crippen molar-refractivity contribution in [2.45, 2.75) is 6.61 Å². The molecule has 0 radical (unpaired) electrons. The van der Waals surface area contributed by atoms with Gasteiger partial charge in [0.25, 0.3) is 0 Å². The Morgan fingerprint density at radius 3 is 2.55 bits per heavy atom. The molecule has 0 saturated carbocycles. The zero-order valence-electron chi connectivity index (χ0n) is 10.9. The molecule has 0 aromatic heterocycles. The number of nitrogens with two attached hydrogens (primary N) is 1. The lowest BCUT2D eigenvalue weighted by molar-refractivity contribution is 0.0468. The maximum atomic E-state index is 13.8. The van der Waals surface area contributed by atoms with Crippen LogP contribution < -0.4 is 10.5 Å². The molecule has 0 amide bonds. The third-order valence-electron chi connectivity index (χ3n) is 2.77. The Morgan fingerprint density at radius 2 is 1.90 bits per heavy atom. The first-order valence-electron chi connectivity index (χ1n) is 5.96. The van der Waals surface area contributed by atoms with Gasteiger partial charge in [-0.2, -0.15) is 0 Å². The zero-order valence-corrected chi connectivity index (χ0v) is 10.9. The molecule has 4 nitrogen and oxygen atoms in total. The molecule has 20 heavy (non-hydrogen) atoms. The molecule has 0 spiro atoms. The topological polar surface area (TPSA) is 61.5 Å². The van der Waals surface area contributed by atoms with Gasteiger partial charge < -0.3 is 15.2 Å². The number of carbonyl (C=O) groups is 1. The molecule has 0 heterocycles. The smallest absolute Gasteiger partial charge is 0.338 e. The molecule has 2 aromatic carbocycles. The SMILES string of the molecule is COc1cccc(COC(=O)c2ccc(N)cc2)c1F. The molecule has 5 heteroatoms. The van der Waals surface area contributed by atoms with E-state index in [0.717, 1.165) is 0 Å². The number of esters is 1. The van der Waals surface area contributed by atoms with Crippen molar-refractivity contribution < 1.29 is 18.7 Å². The first kappa shape index (κ1) is 13.9. The predicted octanol–water partition coefficient (Wildman–Crippen LogP) is 2.77. The second kappa shape index (κ2) is 6.06. The van der Waals surface area contributed by atoms with Crippen molar-refractivity contribution in [3.8, 4) is 5.75 Å². The highest BCUT2D eigenvalue weighted by atomic mass is 19.1. The quantitative estimate of drug-likeness (QED) is 0.688. The third-order valence-corrected chi connectivity index (χ3v) is 2.77. The summed E-state index contributed by atoms with van der Waals surface area (Å²) in [7, 11) is 1.38. The Balaban J connectivity index is 2.05. The van der Waals surface area contributed by atoms with Crippen molar-refractivity contribution >= 4 is 11.7 Å². The number of hydrogen-bond acceptors (Lipinski definition) is 4. The Kier molecular flexibility index (Phi) is 4.20. The van der Waals surface area contributed by atoms with E-state index in [1.54, 1.807) is 30.3 Å². The van der Waals surface area contributed by atoms with E-state index in [1.165, 1.54) is 19.2 Å². The highest BCUT2D eigenvalue weighted by Crippen LogP contribution is 2.20. The number of rotatable bonds is 4. The summed E-state index contributed by atoms with van der Waals surface area (Å²) in [5.74, 6) is -0.946. The van der Waals surface area contributed by atoms with E-state index in [1.807, 2.05) is 0 Å². The molecule has 0 bridgehead atoms. The van der Waals surface area contributed by atoms with Crippen molar-refractivity contribution in [2.75, 3.05) is 12.8 Å². The van der Waals surface area contributed by atoms with E-state index in [-0.39, 0.29) is 17.9 Å². The van der Waals surface area contributed by atoms with Crippen LogP contribution in [0.4, 0.5) is 10.1 Å². The molecule has 0 saturated heterocycles. The minimum Gasteiger partial charge on any atom is -0.494 e. The fourth-order valence-electron chi connectivity index (χ4n) is 1.67. The van der Waals surface area contributed by atoms with Crippen LogP contribution in [0.1, 0.15) is 15.9 Å². The maximum Gasteiger partial charge on any atom is 0.338 e. The molecule has 0 atom stereocenters. The molecule has 0 aliphatic carbocycles. The maximum absolute atomic E-state index is 13.8. The van der Waals surface area contributed by atoms with E-state index in [0.29, 0.717) is 11.3 Å². The first-order chi connectivity index (χ1) is 9.61. The average molecular weight is 275 g/mol. The number of carbonyl (C=O) groups excluding carboxylic acids is 1. The van der Waals surface area contributed by atoms with Gasteiger partial charge in [-0.25, -0.2) is 9.18 Å². The highest BCUT2D eigenvalue weighted by Gasteiger charge is 2.12. The molecule has 0 unspecified atom stereocenters. The van der Waals surface area contributed by atoms with E-state index < -0.39 is 11.8 Å². The average Bonchev–Trinajstić information content (AvgIpc) is 2.46. The van der Waals surface area contributed by atoms with Crippen LogP contribution in [0, 0.1) is 5.82 Å². The molecule has 0 aliphatic rings. The van der Waals surface area contributed by atoms with Crippen molar-refractivity contribution in [2.24, 2.45) is 0 Å². The number of halogens is 1. The van der Waals surface area contributed by atoms with Crippen LogP contribution in [0.5, 0.6) is 5.75 Å². The van der Waals surface area contributed by atoms with Crippen LogP contribution in [0.3, 0.4) is 0 Å². The molecule has 2 N–H and O–H groups in total. The largest absolute Gasteiger partial charge is 0.494 e. The van der Waals surface area contributed by atoms with Crippen LogP contribution in [0.25, 0.3) is 0 Å². The summed E-state index contributed by atoms with van der Waals surface area (Å²) in [6, 6.07) is 11.0. The van der Waals surface area contributed by atoms with E-state index in [4.69, 9.17) is 15.2 Å². The molecule has 0 aliphatic heterocycles. The highest BCUT2D eigenvalue weighted by molar-refractivity contribution is 5.89. The van der Waals surface area contributed by atoms with Gasteiger partial charge in [0.1, 0.15) is 6.61 Å². The van der Waals surface area contributed by atoms with Crippen LogP contribution in [-0.4, -0.2) is 13.1 Å². The van der Waals surface area contributed by atoms with Crippen LogP contribution >= 0.6 is 0 Å². The number of benzene rings is 2. The number of methoxy groups -OCH3 is 1. The monoisotopic (exact) mass is 275 g/mol. The van der Waals surface area contributed by atoms with Crippen molar-refractivity contribution in [1.29, 1.82) is 0 Å². The third kappa shape index (κ3) is 3.06. The van der Waals surface area contributed by atoms with Gasteiger partial charge in [-0.15, -0.1) is 0 Å². The van der Waals surface area contributed by atoms with Crippen LogP contribution in [0.2, 0.25) is 0 Å². The van der Waals surface area contributed by atoms with Gasteiger partial charge in [-0.05, 0) is 30.3 Å². The number of nitrogen functional groups attached to an aromatic ring is 1. The fraction of sp³-hybridized carbons (Fsp3) is 0.133. The number of anilines is 1. The Morgan fingerprint density at radius 1 is 1.20 bits per heavy atom. The Bertz CT molecular complexity index is 611. The van der Waals surface area contributed by atoms with Gasteiger partial charge in [-0.3, -0.25) is 0 Å². The first-order valence-corrected chi connectivity index (χ1v) is 5.96. The summed E-state index contributed by atoms with van der Waals surface area (Å²) in [5.41, 5.74) is 6.70. The summed E-state index contributed by atoms with van der Waals surface area (Å²) >= 11 is 0. The van der Waals surface area contributed by atoms with Gasteiger partial charge in [0.15, 0.2) is 11.6 Å². The van der Waals surface area contributed by atoms with E-state index >= 15 is 0 Å². The molecule has 0 fully saturated rings. The standard InChI is InChI=1S/C15H14FNO3/c1-19-13-4-2-3-11(14(13)16)9-20-15(18)10-5-7-12(17)8-6-10/h2-8H,9,17H2,1H3. The van der Waals surface area contributed by atoms with Gasteiger partial charge in [0.05, 0.1) is 12.7 Å². The second-order valence-corrected chi connectivity index (χ2v) is 4.13. The molecule has 2 aromatic rings. The molecule has 104 valence electrons. The second-order valence-electron chi connectivity index (χ2n) is 4.13. The summed E-state index contributed by atoms with van der Waals surface area (Å²) < 4.78 is 23.8. The van der Waals surface area contributed by atoms with E-state index in [9.17, 15) is 9.18 Å². The van der Waals surface area contributed by atoms with Crippen molar-refractivity contribution in [1.82, 2.24) is 0 Å². The Hall–Kier alpha value is -2.56.